The van der Waals surface area contributed by atoms with Crippen molar-refractivity contribution in [3.05, 3.63) is 87.6 Å². The van der Waals surface area contributed by atoms with Crippen LogP contribution in [0.4, 0.5) is 4.39 Å². The van der Waals surface area contributed by atoms with E-state index in [2.05, 4.69) is 15.0 Å². The molecule has 0 spiro atoms. The lowest BCUT2D eigenvalue weighted by molar-refractivity contribution is 0.0687. The summed E-state index contributed by atoms with van der Waals surface area (Å²) < 4.78 is 22.0. The Hall–Kier alpha value is -4.37. The Kier molecular flexibility index (Phi) is 4.36. The minimum Gasteiger partial charge on any atom is -0.477 e. The summed E-state index contributed by atoms with van der Waals surface area (Å²) >= 11 is 6.61. The van der Waals surface area contributed by atoms with Crippen molar-refractivity contribution in [2.24, 2.45) is 0 Å². The molecule has 0 unspecified atom stereocenters. The maximum Gasteiger partial charge on any atom is 0.353 e. The molecule has 8 nitrogen and oxygen atoms in total. The van der Waals surface area contributed by atoms with Crippen molar-refractivity contribution in [1.29, 1.82) is 0 Å². The molecule has 0 fully saturated rings. The van der Waals surface area contributed by atoms with Gasteiger partial charge < -0.3 is 24.1 Å². The number of H-pyrrole nitrogens is 2. The molecular weight excluding hydrogens is 463 g/mol. The molecule has 0 aliphatic heterocycles. The van der Waals surface area contributed by atoms with Crippen LogP contribution in [0.25, 0.3) is 44.0 Å². The van der Waals surface area contributed by atoms with Crippen LogP contribution >= 0.6 is 11.6 Å². The summed E-state index contributed by atoms with van der Waals surface area (Å²) in [7, 11) is 0. The number of carboxylic acid groups (broad SMARTS) is 1. The van der Waals surface area contributed by atoms with Gasteiger partial charge in [0.25, 0.3) is 5.56 Å². The second kappa shape index (κ2) is 7.32. The smallest absolute Gasteiger partial charge is 0.353 e. The zero-order chi connectivity index (χ0) is 23.6. The van der Waals surface area contributed by atoms with Gasteiger partial charge in [0.1, 0.15) is 22.7 Å². The fraction of sp³-hybridized carbons (Fsp3) is 0.0417. The summed E-state index contributed by atoms with van der Waals surface area (Å²) in [4.78, 5) is 35.2. The molecular formula is C24H14ClFN4O4. The number of hydrogen-bond donors (Lipinski definition) is 3. The molecule has 0 saturated heterocycles. The summed E-state index contributed by atoms with van der Waals surface area (Å²) in [5.41, 5.74) is 1.10. The van der Waals surface area contributed by atoms with Crippen LogP contribution in [0, 0.1) is 5.82 Å². The molecule has 0 saturated carbocycles. The van der Waals surface area contributed by atoms with Gasteiger partial charge in [-0.3, -0.25) is 4.79 Å². The second-order valence-corrected chi connectivity index (χ2v) is 8.16. The van der Waals surface area contributed by atoms with E-state index >= 15 is 4.39 Å². The van der Waals surface area contributed by atoms with E-state index in [9.17, 15) is 14.7 Å². The summed E-state index contributed by atoms with van der Waals surface area (Å²) in [5.74, 6) is -1.87. The van der Waals surface area contributed by atoms with Crippen LogP contribution in [0.3, 0.4) is 0 Å². The van der Waals surface area contributed by atoms with E-state index in [4.69, 9.17) is 16.0 Å². The molecule has 10 heteroatoms. The van der Waals surface area contributed by atoms with E-state index in [0.717, 1.165) is 0 Å². The first-order valence-electron chi connectivity index (χ1n) is 10.2. The van der Waals surface area contributed by atoms with Crippen molar-refractivity contribution >= 4 is 50.5 Å². The van der Waals surface area contributed by atoms with Gasteiger partial charge in [0.15, 0.2) is 0 Å². The molecule has 1 aromatic carbocycles. The van der Waals surface area contributed by atoms with E-state index in [1.165, 1.54) is 41.4 Å². The van der Waals surface area contributed by atoms with Crippen molar-refractivity contribution in [2.45, 2.75) is 6.54 Å². The highest BCUT2D eigenvalue weighted by Gasteiger charge is 2.29. The summed E-state index contributed by atoms with van der Waals surface area (Å²) in [6.45, 7) is -0.0263. The first kappa shape index (κ1) is 20.3. The van der Waals surface area contributed by atoms with Crippen LogP contribution in [0.15, 0.2) is 64.4 Å². The van der Waals surface area contributed by atoms with E-state index < -0.39 is 17.3 Å². The highest BCUT2D eigenvalue weighted by Crippen LogP contribution is 2.40. The predicted molar refractivity (Wildman–Crippen MR) is 125 cm³/mol. The Morgan fingerprint density at radius 2 is 2.06 bits per heavy atom. The standard InChI is InChI=1S/C24H14ClFN4O4/c25-19-11(9-29-22-14(19)3-6-27-22)10-30-16-8-15(26)12-4-7-34-21(12)18(16)17(20(30)24(32)33)13-2-1-5-28-23(13)31/h1-9H,10H2,(H,27,29)(H,28,31)(H,32,33). The fourth-order valence-corrected chi connectivity index (χ4v) is 4.73. The number of aromatic nitrogens is 4. The monoisotopic (exact) mass is 476 g/mol. The van der Waals surface area contributed by atoms with Gasteiger partial charge in [0, 0.05) is 35.1 Å². The molecule has 3 N–H and O–H groups in total. The number of nitrogens with one attached hydrogen (secondary N) is 2. The molecule has 0 radical (unpaired) electrons. The quantitative estimate of drug-likeness (QED) is 0.325. The van der Waals surface area contributed by atoms with E-state index in [1.54, 1.807) is 18.3 Å². The van der Waals surface area contributed by atoms with Crippen molar-refractivity contribution in [3.63, 3.8) is 0 Å². The Morgan fingerprint density at radius 3 is 2.85 bits per heavy atom. The summed E-state index contributed by atoms with van der Waals surface area (Å²) in [5, 5.41) is 11.8. The zero-order valence-corrected chi connectivity index (χ0v) is 18.0. The number of halogens is 2. The Labute approximate surface area is 194 Å². The molecule has 0 atom stereocenters. The van der Waals surface area contributed by atoms with E-state index in [0.29, 0.717) is 27.0 Å². The SMILES string of the molecule is O=C(O)c1c(-c2ccc[nH]c2=O)c2c3occc3c(F)cc2n1Cc1cnc2[nH]ccc2c1Cl. The highest BCUT2D eigenvalue weighted by atomic mass is 35.5. The normalized spacial score (nSPS) is 11.7. The van der Waals surface area contributed by atoms with Crippen LogP contribution < -0.4 is 5.56 Å². The van der Waals surface area contributed by atoms with Gasteiger partial charge in [0.2, 0.25) is 0 Å². The highest BCUT2D eigenvalue weighted by molar-refractivity contribution is 6.36. The lowest BCUT2D eigenvalue weighted by atomic mass is 10.0. The Balaban J connectivity index is 1.75. The average Bonchev–Trinajstić information content (AvgIpc) is 3.54. The molecule has 0 amide bonds. The zero-order valence-electron chi connectivity index (χ0n) is 17.2. The number of rotatable bonds is 4. The summed E-state index contributed by atoms with van der Waals surface area (Å²) in [6.07, 6.45) is 6.01. The van der Waals surface area contributed by atoms with Crippen LogP contribution in [0.1, 0.15) is 16.1 Å². The molecule has 34 heavy (non-hydrogen) atoms. The van der Waals surface area contributed by atoms with Gasteiger partial charge in [-0.15, -0.1) is 0 Å². The number of benzene rings is 1. The molecule has 0 aliphatic rings. The number of furan rings is 1. The summed E-state index contributed by atoms with van der Waals surface area (Å²) in [6, 6.07) is 7.58. The Morgan fingerprint density at radius 1 is 1.21 bits per heavy atom. The van der Waals surface area contributed by atoms with Crippen molar-refractivity contribution in [2.75, 3.05) is 0 Å². The van der Waals surface area contributed by atoms with Gasteiger partial charge in [-0.2, -0.15) is 0 Å². The number of carboxylic acids is 1. The molecule has 5 heterocycles. The first-order valence-corrected chi connectivity index (χ1v) is 10.6. The largest absolute Gasteiger partial charge is 0.477 e. The van der Waals surface area contributed by atoms with E-state index in [1.807, 2.05) is 0 Å². The number of fused-ring (bicyclic) bond motifs is 4. The molecule has 0 bridgehead atoms. The van der Waals surface area contributed by atoms with Crippen LogP contribution in [-0.2, 0) is 6.54 Å². The topological polar surface area (TPSA) is 117 Å². The lowest BCUT2D eigenvalue weighted by Gasteiger charge is -2.11. The minimum absolute atomic E-state index is 0.0263. The fourth-order valence-electron chi connectivity index (χ4n) is 4.47. The molecule has 168 valence electrons. The molecule has 0 aliphatic carbocycles. The maximum atomic E-state index is 15.0. The maximum absolute atomic E-state index is 15.0. The van der Waals surface area contributed by atoms with Gasteiger partial charge in [-0.25, -0.2) is 14.2 Å². The number of nitrogens with zero attached hydrogens (tertiary/aromatic N) is 2. The number of pyridine rings is 2. The molecule has 6 rings (SSSR count). The number of carbonyl (C=O) groups is 1. The van der Waals surface area contributed by atoms with Gasteiger partial charge in [-0.05, 0) is 30.3 Å². The van der Waals surface area contributed by atoms with Gasteiger partial charge >= 0.3 is 5.97 Å². The van der Waals surface area contributed by atoms with Crippen LogP contribution in [0.2, 0.25) is 5.02 Å². The van der Waals surface area contributed by atoms with Crippen molar-refractivity contribution in [3.8, 4) is 11.1 Å². The van der Waals surface area contributed by atoms with E-state index in [-0.39, 0.29) is 39.9 Å². The molecule has 5 aromatic heterocycles. The second-order valence-electron chi connectivity index (χ2n) is 7.78. The third kappa shape index (κ3) is 2.80. The van der Waals surface area contributed by atoms with Crippen LogP contribution in [0.5, 0.6) is 0 Å². The third-order valence-electron chi connectivity index (χ3n) is 5.93. The molecule has 6 aromatic rings. The average molecular weight is 477 g/mol. The first-order chi connectivity index (χ1) is 16.5. The number of aromatic amines is 2. The van der Waals surface area contributed by atoms with Crippen molar-refractivity contribution < 1.29 is 18.7 Å². The predicted octanol–water partition coefficient (Wildman–Crippen LogP) is 5.16. The Bertz CT molecular complexity index is 1830. The number of hydrogen-bond acceptors (Lipinski definition) is 4. The number of aromatic carboxylic acids is 1. The minimum atomic E-state index is -1.29. The van der Waals surface area contributed by atoms with Gasteiger partial charge in [-0.1, -0.05) is 11.6 Å². The van der Waals surface area contributed by atoms with Crippen LogP contribution in [-0.4, -0.2) is 30.6 Å². The van der Waals surface area contributed by atoms with Crippen molar-refractivity contribution in [1.82, 2.24) is 19.5 Å². The third-order valence-corrected chi connectivity index (χ3v) is 6.37. The lowest BCUT2D eigenvalue weighted by Crippen LogP contribution is -2.14. The van der Waals surface area contributed by atoms with Gasteiger partial charge in [0.05, 0.1) is 39.7 Å².